The Morgan fingerprint density at radius 2 is 2.14 bits per heavy atom. The smallest absolute Gasteiger partial charge is 0.176 e. The number of nitrogens with two attached hydrogens (primary N) is 1. The molecule has 0 saturated carbocycles. The first-order chi connectivity index (χ1) is 6.50. The van der Waals surface area contributed by atoms with Gasteiger partial charge in [-0.1, -0.05) is 11.2 Å². The summed E-state index contributed by atoms with van der Waals surface area (Å²) >= 11 is 0. The highest BCUT2D eigenvalue weighted by atomic mass is 32.2. The molecule has 0 aliphatic carbocycles. The standard InChI is InChI=1S/C8H8N2O3S/c1-14(11,12)6-4-2-3-5-7(6)8(9)10-13-5/h2-4H,1H3,(H2,9,10). The van der Waals surface area contributed by atoms with Crippen molar-refractivity contribution in [1.29, 1.82) is 0 Å². The van der Waals surface area contributed by atoms with E-state index in [0.717, 1.165) is 6.26 Å². The van der Waals surface area contributed by atoms with E-state index in [4.69, 9.17) is 10.3 Å². The van der Waals surface area contributed by atoms with Crippen molar-refractivity contribution in [3.63, 3.8) is 0 Å². The molecule has 2 aromatic rings. The van der Waals surface area contributed by atoms with Crippen molar-refractivity contribution < 1.29 is 12.9 Å². The summed E-state index contributed by atoms with van der Waals surface area (Å²) in [6, 6.07) is 4.68. The van der Waals surface area contributed by atoms with Crippen LogP contribution < -0.4 is 5.73 Å². The van der Waals surface area contributed by atoms with E-state index in [2.05, 4.69) is 5.16 Å². The molecule has 5 nitrogen and oxygen atoms in total. The fourth-order valence-corrected chi connectivity index (χ4v) is 2.19. The van der Waals surface area contributed by atoms with E-state index in [1.165, 1.54) is 6.07 Å². The second kappa shape index (κ2) is 2.71. The van der Waals surface area contributed by atoms with Gasteiger partial charge in [0.25, 0.3) is 0 Å². The van der Waals surface area contributed by atoms with Crippen LogP contribution in [-0.4, -0.2) is 19.8 Å². The van der Waals surface area contributed by atoms with Crippen LogP contribution >= 0.6 is 0 Å². The Kier molecular flexibility index (Phi) is 1.75. The fourth-order valence-electron chi connectivity index (χ4n) is 1.29. The van der Waals surface area contributed by atoms with Gasteiger partial charge in [0, 0.05) is 6.26 Å². The molecule has 0 fully saturated rings. The molecule has 2 N–H and O–H groups in total. The van der Waals surface area contributed by atoms with Crippen LogP contribution in [0.4, 0.5) is 5.82 Å². The van der Waals surface area contributed by atoms with Crippen molar-refractivity contribution in [1.82, 2.24) is 5.16 Å². The average molecular weight is 212 g/mol. The summed E-state index contributed by atoms with van der Waals surface area (Å²) in [5.74, 6) is 0.0982. The molecular weight excluding hydrogens is 204 g/mol. The molecule has 14 heavy (non-hydrogen) atoms. The van der Waals surface area contributed by atoms with Gasteiger partial charge >= 0.3 is 0 Å². The summed E-state index contributed by atoms with van der Waals surface area (Å²) in [7, 11) is -3.30. The number of aromatic nitrogens is 1. The van der Waals surface area contributed by atoms with Gasteiger partial charge in [0.15, 0.2) is 21.2 Å². The third kappa shape index (κ3) is 1.24. The molecule has 0 radical (unpaired) electrons. The van der Waals surface area contributed by atoms with Gasteiger partial charge in [-0.3, -0.25) is 0 Å². The average Bonchev–Trinajstić information content (AvgIpc) is 2.46. The Morgan fingerprint density at radius 1 is 1.43 bits per heavy atom. The van der Waals surface area contributed by atoms with Gasteiger partial charge in [-0.15, -0.1) is 0 Å². The molecule has 1 aromatic heterocycles. The highest BCUT2D eigenvalue weighted by Crippen LogP contribution is 2.27. The number of hydrogen-bond donors (Lipinski definition) is 1. The van der Waals surface area contributed by atoms with E-state index in [1.54, 1.807) is 12.1 Å². The molecule has 2 rings (SSSR count). The normalized spacial score (nSPS) is 12.1. The van der Waals surface area contributed by atoms with Gasteiger partial charge in [0.2, 0.25) is 0 Å². The lowest BCUT2D eigenvalue weighted by Gasteiger charge is -1.98. The molecule has 0 atom stereocenters. The largest absolute Gasteiger partial charge is 0.380 e. The Hall–Kier alpha value is -1.56. The summed E-state index contributed by atoms with van der Waals surface area (Å²) in [6.45, 7) is 0. The number of hydrogen-bond acceptors (Lipinski definition) is 5. The summed E-state index contributed by atoms with van der Waals surface area (Å²) in [6.07, 6.45) is 1.12. The van der Waals surface area contributed by atoms with E-state index in [0.29, 0.717) is 11.0 Å². The zero-order valence-electron chi connectivity index (χ0n) is 7.39. The third-order valence-corrected chi connectivity index (χ3v) is 3.03. The van der Waals surface area contributed by atoms with Crippen molar-refractivity contribution in [2.45, 2.75) is 4.90 Å². The molecule has 1 heterocycles. The lowest BCUT2D eigenvalue weighted by molar-refractivity contribution is 0.460. The van der Waals surface area contributed by atoms with Crippen molar-refractivity contribution in [3.8, 4) is 0 Å². The highest BCUT2D eigenvalue weighted by molar-refractivity contribution is 7.91. The topological polar surface area (TPSA) is 86.2 Å². The summed E-state index contributed by atoms with van der Waals surface area (Å²) < 4.78 is 27.6. The Labute approximate surface area is 80.4 Å². The number of nitrogen functional groups attached to an aromatic ring is 1. The van der Waals surface area contributed by atoms with Gasteiger partial charge in [0.1, 0.15) is 0 Å². The predicted molar refractivity (Wildman–Crippen MR) is 51.5 cm³/mol. The minimum absolute atomic E-state index is 0.0982. The maximum atomic E-state index is 11.4. The van der Waals surface area contributed by atoms with Crippen molar-refractivity contribution in [2.24, 2.45) is 0 Å². The van der Waals surface area contributed by atoms with E-state index in [1.807, 2.05) is 0 Å². The molecule has 0 aliphatic heterocycles. The zero-order chi connectivity index (χ0) is 10.3. The number of nitrogens with zero attached hydrogens (tertiary/aromatic N) is 1. The van der Waals surface area contributed by atoms with Crippen LogP contribution in [0.15, 0.2) is 27.6 Å². The van der Waals surface area contributed by atoms with Crippen LogP contribution in [0.25, 0.3) is 11.0 Å². The van der Waals surface area contributed by atoms with Gasteiger partial charge in [0.05, 0.1) is 10.3 Å². The lowest BCUT2D eigenvalue weighted by Crippen LogP contribution is -1.98. The van der Waals surface area contributed by atoms with Gasteiger partial charge < -0.3 is 10.3 Å². The predicted octanol–water partition coefficient (Wildman–Crippen LogP) is 0.814. The van der Waals surface area contributed by atoms with Crippen LogP contribution in [0.2, 0.25) is 0 Å². The summed E-state index contributed by atoms with van der Waals surface area (Å²) in [4.78, 5) is 0.147. The highest BCUT2D eigenvalue weighted by Gasteiger charge is 2.16. The first-order valence-corrected chi connectivity index (χ1v) is 5.73. The number of fused-ring (bicyclic) bond motifs is 1. The minimum atomic E-state index is -3.30. The molecule has 0 amide bonds. The van der Waals surface area contributed by atoms with Crippen LogP contribution in [-0.2, 0) is 9.84 Å². The molecule has 0 spiro atoms. The van der Waals surface area contributed by atoms with E-state index < -0.39 is 9.84 Å². The molecular formula is C8H8N2O3S. The van der Waals surface area contributed by atoms with Crippen molar-refractivity contribution in [2.75, 3.05) is 12.0 Å². The minimum Gasteiger partial charge on any atom is -0.380 e. The Morgan fingerprint density at radius 3 is 2.79 bits per heavy atom. The maximum Gasteiger partial charge on any atom is 0.176 e. The fraction of sp³-hybridized carbons (Fsp3) is 0.125. The monoisotopic (exact) mass is 212 g/mol. The van der Waals surface area contributed by atoms with Crippen LogP contribution in [0.3, 0.4) is 0 Å². The van der Waals surface area contributed by atoms with E-state index >= 15 is 0 Å². The van der Waals surface area contributed by atoms with Crippen molar-refractivity contribution in [3.05, 3.63) is 18.2 Å². The van der Waals surface area contributed by atoms with E-state index in [-0.39, 0.29) is 10.7 Å². The molecule has 0 unspecified atom stereocenters. The second-order valence-corrected chi connectivity index (χ2v) is 4.95. The second-order valence-electron chi connectivity index (χ2n) is 2.97. The van der Waals surface area contributed by atoms with Gasteiger partial charge in [-0.05, 0) is 12.1 Å². The molecule has 0 bridgehead atoms. The molecule has 1 aromatic carbocycles. The third-order valence-electron chi connectivity index (χ3n) is 1.89. The van der Waals surface area contributed by atoms with Crippen LogP contribution in [0.1, 0.15) is 0 Å². The molecule has 0 saturated heterocycles. The van der Waals surface area contributed by atoms with Crippen LogP contribution in [0, 0.1) is 0 Å². The number of anilines is 1. The maximum absolute atomic E-state index is 11.4. The first kappa shape index (κ1) is 9.01. The Bertz CT molecular complexity index is 586. The first-order valence-electron chi connectivity index (χ1n) is 3.84. The quantitative estimate of drug-likeness (QED) is 0.756. The van der Waals surface area contributed by atoms with Gasteiger partial charge in [-0.2, -0.15) is 0 Å². The molecule has 6 heteroatoms. The molecule has 0 aliphatic rings. The Balaban J connectivity index is 2.96. The number of rotatable bonds is 1. The van der Waals surface area contributed by atoms with E-state index in [9.17, 15) is 8.42 Å². The number of benzene rings is 1. The van der Waals surface area contributed by atoms with Gasteiger partial charge in [-0.25, -0.2) is 8.42 Å². The zero-order valence-corrected chi connectivity index (χ0v) is 8.21. The lowest BCUT2D eigenvalue weighted by atomic mass is 10.2. The summed E-state index contributed by atoms with van der Waals surface area (Å²) in [5.41, 5.74) is 5.88. The number of sulfone groups is 1. The SMILES string of the molecule is CS(=O)(=O)c1cccc2onc(N)c12. The van der Waals surface area contributed by atoms with Crippen LogP contribution in [0.5, 0.6) is 0 Å². The van der Waals surface area contributed by atoms with Crippen molar-refractivity contribution >= 4 is 26.6 Å². The summed E-state index contributed by atoms with van der Waals surface area (Å²) in [5, 5.41) is 3.86. The molecule has 74 valence electrons.